The van der Waals surface area contributed by atoms with E-state index in [9.17, 15) is 4.79 Å². The van der Waals surface area contributed by atoms with Crippen molar-refractivity contribution in [3.05, 3.63) is 27.7 Å². The molecule has 0 aromatic heterocycles. The Labute approximate surface area is 115 Å². The lowest BCUT2D eigenvalue weighted by Crippen LogP contribution is -2.30. The van der Waals surface area contributed by atoms with E-state index in [0.717, 1.165) is 16.7 Å². The second kappa shape index (κ2) is 6.99. The van der Waals surface area contributed by atoms with Gasteiger partial charge in [0.2, 0.25) is 5.91 Å². The number of nitrogens with one attached hydrogen (secondary N) is 2. The van der Waals surface area contributed by atoms with Crippen molar-refractivity contribution in [1.29, 1.82) is 0 Å². The topological polar surface area (TPSA) is 41.1 Å². The van der Waals surface area contributed by atoms with Gasteiger partial charge in [0.05, 0.1) is 5.02 Å². The number of carbonyl (C=O) groups is 1. The van der Waals surface area contributed by atoms with Gasteiger partial charge in [-0.1, -0.05) is 18.5 Å². The van der Waals surface area contributed by atoms with E-state index in [2.05, 4.69) is 26.6 Å². The lowest BCUT2D eigenvalue weighted by Gasteiger charge is -2.12. The second-order valence-electron chi connectivity index (χ2n) is 3.84. The molecule has 0 heterocycles. The molecule has 94 valence electrons. The van der Waals surface area contributed by atoms with E-state index in [-0.39, 0.29) is 11.9 Å². The van der Waals surface area contributed by atoms with Crippen LogP contribution in [0, 0.1) is 0 Å². The van der Waals surface area contributed by atoms with Crippen LogP contribution >= 0.6 is 27.5 Å². The minimum Gasteiger partial charge on any atom is -0.326 e. The molecule has 1 amide bonds. The van der Waals surface area contributed by atoms with E-state index in [0.29, 0.717) is 11.4 Å². The summed E-state index contributed by atoms with van der Waals surface area (Å²) in [6.07, 6.45) is 0.452. The summed E-state index contributed by atoms with van der Waals surface area (Å²) in [5.74, 6) is -0.00678. The predicted octanol–water partition coefficient (Wildman–Crippen LogP) is 3.43. The molecule has 0 aliphatic carbocycles. The van der Waals surface area contributed by atoms with Crippen molar-refractivity contribution in [3.8, 4) is 0 Å². The fourth-order valence-electron chi connectivity index (χ4n) is 1.48. The summed E-state index contributed by atoms with van der Waals surface area (Å²) in [5, 5.41) is 6.65. The zero-order chi connectivity index (χ0) is 12.8. The molecule has 2 N–H and O–H groups in total. The number of carbonyl (C=O) groups excluding carboxylic acids is 1. The van der Waals surface area contributed by atoms with Gasteiger partial charge in [0.25, 0.3) is 0 Å². The van der Waals surface area contributed by atoms with Gasteiger partial charge in [0, 0.05) is 22.6 Å². The number of amides is 1. The zero-order valence-corrected chi connectivity index (χ0v) is 12.2. The molecule has 1 unspecified atom stereocenters. The van der Waals surface area contributed by atoms with Crippen molar-refractivity contribution in [2.75, 3.05) is 11.9 Å². The first-order valence-corrected chi connectivity index (χ1v) is 6.68. The highest BCUT2D eigenvalue weighted by Crippen LogP contribution is 2.25. The van der Waals surface area contributed by atoms with Crippen molar-refractivity contribution < 1.29 is 4.79 Å². The zero-order valence-electron chi connectivity index (χ0n) is 9.89. The third-order valence-corrected chi connectivity index (χ3v) is 3.46. The highest BCUT2D eigenvalue weighted by molar-refractivity contribution is 9.10. The molecule has 0 saturated carbocycles. The molecule has 3 nitrogen and oxygen atoms in total. The second-order valence-corrected chi connectivity index (χ2v) is 5.10. The summed E-state index contributed by atoms with van der Waals surface area (Å²) in [6.45, 7) is 4.87. The van der Waals surface area contributed by atoms with E-state index in [4.69, 9.17) is 11.6 Å². The molecule has 0 aliphatic heterocycles. The summed E-state index contributed by atoms with van der Waals surface area (Å²) in [4.78, 5) is 11.7. The Hall–Kier alpha value is -0.580. The van der Waals surface area contributed by atoms with Crippen molar-refractivity contribution in [3.63, 3.8) is 0 Å². The molecule has 5 heteroatoms. The van der Waals surface area contributed by atoms with Gasteiger partial charge in [-0.15, -0.1) is 0 Å². The standard InChI is InChI=1S/C12H16BrClN2O/c1-3-15-8(2)6-12(17)16-9-4-5-11(14)10(13)7-9/h4-5,7-8,15H,3,6H2,1-2H3,(H,16,17). The molecular weight excluding hydrogens is 304 g/mol. The normalized spacial score (nSPS) is 12.2. The maximum atomic E-state index is 11.7. The molecule has 0 bridgehead atoms. The molecule has 1 aromatic rings. The first kappa shape index (κ1) is 14.5. The van der Waals surface area contributed by atoms with Crippen LogP contribution in [0.15, 0.2) is 22.7 Å². The molecular formula is C12H16BrClN2O. The number of hydrogen-bond acceptors (Lipinski definition) is 2. The van der Waals surface area contributed by atoms with Gasteiger partial charge in [0.15, 0.2) is 0 Å². The smallest absolute Gasteiger partial charge is 0.225 e. The van der Waals surface area contributed by atoms with Crippen LogP contribution in [0.25, 0.3) is 0 Å². The summed E-state index contributed by atoms with van der Waals surface area (Å²) >= 11 is 9.19. The highest BCUT2D eigenvalue weighted by Gasteiger charge is 2.08. The molecule has 1 atom stereocenters. The monoisotopic (exact) mass is 318 g/mol. The molecule has 1 aromatic carbocycles. The van der Waals surface area contributed by atoms with Crippen LogP contribution in [0.3, 0.4) is 0 Å². The van der Waals surface area contributed by atoms with E-state index >= 15 is 0 Å². The van der Waals surface area contributed by atoms with Gasteiger partial charge in [-0.2, -0.15) is 0 Å². The van der Waals surface area contributed by atoms with Crippen LogP contribution in [-0.4, -0.2) is 18.5 Å². The van der Waals surface area contributed by atoms with Crippen molar-refractivity contribution in [1.82, 2.24) is 5.32 Å². The van der Waals surface area contributed by atoms with Gasteiger partial charge in [-0.25, -0.2) is 0 Å². The number of halogens is 2. The molecule has 0 saturated heterocycles. The third kappa shape index (κ3) is 5.06. The summed E-state index contributed by atoms with van der Waals surface area (Å²) in [7, 11) is 0. The quantitative estimate of drug-likeness (QED) is 0.873. The Balaban J connectivity index is 2.53. The largest absolute Gasteiger partial charge is 0.326 e. The Morgan fingerprint density at radius 1 is 1.53 bits per heavy atom. The summed E-state index contributed by atoms with van der Waals surface area (Å²) in [6, 6.07) is 5.49. The minimum atomic E-state index is -0.00678. The van der Waals surface area contributed by atoms with Gasteiger partial charge in [0.1, 0.15) is 0 Å². The first-order valence-electron chi connectivity index (χ1n) is 5.51. The maximum absolute atomic E-state index is 11.7. The summed E-state index contributed by atoms with van der Waals surface area (Å²) in [5.41, 5.74) is 0.745. The van der Waals surface area contributed by atoms with Crippen LogP contribution < -0.4 is 10.6 Å². The van der Waals surface area contributed by atoms with E-state index in [1.54, 1.807) is 18.2 Å². The first-order chi connectivity index (χ1) is 8.02. The van der Waals surface area contributed by atoms with Crippen LogP contribution in [-0.2, 0) is 4.79 Å². The molecule has 0 radical (unpaired) electrons. The van der Waals surface area contributed by atoms with Gasteiger partial charge >= 0.3 is 0 Å². The van der Waals surface area contributed by atoms with E-state index in [1.165, 1.54) is 0 Å². The van der Waals surface area contributed by atoms with Crippen molar-refractivity contribution in [2.45, 2.75) is 26.3 Å². The number of rotatable bonds is 5. The third-order valence-electron chi connectivity index (χ3n) is 2.25. The number of anilines is 1. The van der Waals surface area contributed by atoms with Crippen LogP contribution in [0.2, 0.25) is 5.02 Å². The average molecular weight is 320 g/mol. The number of hydrogen-bond donors (Lipinski definition) is 2. The Bertz CT molecular complexity index is 398. The van der Waals surface area contributed by atoms with Gasteiger partial charge in [-0.3, -0.25) is 4.79 Å². The Morgan fingerprint density at radius 3 is 2.82 bits per heavy atom. The average Bonchev–Trinajstić information content (AvgIpc) is 2.23. The fraction of sp³-hybridized carbons (Fsp3) is 0.417. The predicted molar refractivity (Wildman–Crippen MR) is 75.5 cm³/mol. The maximum Gasteiger partial charge on any atom is 0.225 e. The van der Waals surface area contributed by atoms with Gasteiger partial charge in [-0.05, 0) is 47.6 Å². The van der Waals surface area contributed by atoms with E-state index in [1.807, 2.05) is 13.8 Å². The lowest BCUT2D eigenvalue weighted by atomic mass is 10.2. The van der Waals surface area contributed by atoms with Crippen LogP contribution in [0.4, 0.5) is 5.69 Å². The molecule has 0 fully saturated rings. The van der Waals surface area contributed by atoms with Crippen molar-refractivity contribution in [2.24, 2.45) is 0 Å². The highest BCUT2D eigenvalue weighted by atomic mass is 79.9. The molecule has 1 rings (SSSR count). The van der Waals surface area contributed by atoms with E-state index < -0.39 is 0 Å². The Morgan fingerprint density at radius 2 is 2.24 bits per heavy atom. The van der Waals surface area contributed by atoms with Crippen molar-refractivity contribution >= 4 is 39.1 Å². The van der Waals surface area contributed by atoms with Crippen LogP contribution in [0.1, 0.15) is 20.3 Å². The minimum absolute atomic E-state index is 0.00678. The summed E-state index contributed by atoms with van der Waals surface area (Å²) < 4.78 is 0.775. The Kier molecular flexibility index (Phi) is 5.95. The SMILES string of the molecule is CCNC(C)CC(=O)Nc1ccc(Cl)c(Br)c1. The number of benzene rings is 1. The lowest BCUT2D eigenvalue weighted by molar-refractivity contribution is -0.116. The molecule has 0 spiro atoms. The molecule has 0 aliphatic rings. The van der Waals surface area contributed by atoms with Crippen LogP contribution in [0.5, 0.6) is 0 Å². The fourth-order valence-corrected chi connectivity index (χ4v) is 1.98. The van der Waals surface area contributed by atoms with Gasteiger partial charge < -0.3 is 10.6 Å². The molecule has 17 heavy (non-hydrogen) atoms.